The molecule has 0 spiro atoms. The minimum absolute atomic E-state index is 0.0818. The molecule has 0 aliphatic carbocycles. The SMILES string of the molecule is CC(C)C(NC(=O)C(c1ccccc1)c1ccccc1)C(=O)Nc1ccc2ccccc2c1. The van der Waals surface area contributed by atoms with Gasteiger partial charge in [0.05, 0.1) is 5.92 Å². The number of nitrogens with one attached hydrogen (secondary N) is 2. The fourth-order valence-electron chi connectivity index (χ4n) is 4.04. The molecule has 4 aromatic carbocycles. The normalized spacial score (nSPS) is 12.0. The molecule has 2 amide bonds. The van der Waals surface area contributed by atoms with Gasteiger partial charge in [-0.2, -0.15) is 0 Å². The summed E-state index contributed by atoms with van der Waals surface area (Å²) in [5.41, 5.74) is 2.48. The van der Waals surface area contributed by atoms with Crippen LogP contribution in [0.5, 0.6) is 0 Å². The van der Waals surface area contributed by atoms with Gasteiger partial charge in [-0.3, -0.25) is 9.59 Å². The van der Waals surface area contributed by atoms with Crippen LogP contribution in [0, 0.1) is 5.92 Å². The molecule has 4 aromatic rings. The summed E-state index contributed by atoms with van der Waals surface area (Å²) < 4.78 is 0. The lowest BCUT2D eigenvalue weighted by Crippen LogP contribution is -2.48. The second kappa shape index (κ2) is 10.1. The molecule has 0 fully saturated rings. The fraction of sp³-hybridized carbons (Fsp3) is 0.172. The van der Waals surface area contributed by atoms with Gasteiger partial charge in [0.1, 0.15) is 6.04 Å². The maximum absolute atomic E-state index is 13.5. The first kappa shape index (κ1) is 22.3. The van der Waals surface area contributed by atoms with Crippen LogP contribution in [0.1, 0.15) is 30.9 Å². The van der Waals surface area contributed by atoms with Gasteiger partial charge in [0.25, 0.3) is 0 Å². The summed E-state index contributed by atoms with van der Waals surface area (Å²) in [6, 6.07) is 32.5. The van der Waals surface area contributed by atoms with Crippen LogP contribution in [0.4, 0.5) is 5.69 Å². The minimum Gasteiger partial charge on any atom is -0.343 e. The molecular formula is C29H28N2O2. The molecule has 33 heavy (non-hydrogen) atoms. The molecule has 2 N–H and O–H groups in total. The first-order valence-electron chi connectivity index (χ1n) is 11.2. The number of anilines is 1. The van der Waals surface area contributed by atoms with E-state index in [1.165, 1.54) is 0 Å². The van der Waals surface area contributed by atoms with Crippen molar-refractivity contribution in [1.82, 2.24) is 5.32 Å². The molecule has 4 heteroatoms. The second-order valence-corrected chi connectivity index (χ2v) is 8.54. The average Bonchev–Trinajstić information content (AvgIpc) is 2.84. The number of carbonyl (C=O) groups excluding carboxylic acids is 2. The van der Waals surface area contributed by atoms with E-state index in [2.05, 4.69) is 10.6 Å². The van der Waals surface area contributed by atoms with Crippen LogP contribution in [0.15, 0.2) is 103 Å². The van der Waals surface area contributed by atoms with Gasteiger partial charge < -0.3 is 10.6 Å². The van der Waals surface area contributed by atoms with Gasteiger partial charge in [-0.15, -0.1) is 0 Å². The molecule has 0 heterocycles. The van der Waals surface area contributed by atoms with Crippen LogP contribution in [-0.4, -0.2) is 17.9 Å². The van der Waals surface area contributed by atoms with Gasteiger partial charge in [-0.1, -0.05) is 105 Å². The van der Waals surface area contributed by atoms with E-state index in [-0.39, 0.29) is 17.7 Å². The third kappa shape index (κ3) is 5.29. The Kier molecular flexibility index (Phi) is 6.84. The quantitative estimate of drug-likeness (QED) is 0.387. The Morgan fingerprint density at radius 3 is 1.76 bits per heavy atom. The molecule has 0 bridgehead atoms. The van der Waals surface area contributed by atoms with Gasteiger partial charge >= 0.3 is 0 Å². The molecule has 0 aliphatic heterocycles. The van der Waals surface area contributed by atoms with E-state index in [1.807, 2.05) is 117 Å². The third-order valence-electron chi connectivity index (χ3n) is 5.79. The molecule has 0 saturated heterocycles. The monoisotopic (exact) mass is 436 g/mol. The van der Waals surface area contributed by atoms with E-state index in [9.17, 15) is 9.59 Å². The molecule has 1 atom stereocenters. The summed E-state index contributed by atoms with van der Waals surface area (Å²) >= 11 is 0. The highest BCUT2D eigenvalue weighted by Gasteiger charge is 2.29. The smallest absolute Gasteiger partial charge is 0.247 e. The Balaban J connectivity index is 1.56. The van der Waals surface area contributed by atoms with Gasteiger partial charge in [0.15, 0.2) is 0 Å². The molecule has 166 valence electrons. The van der Waals surface area contributed by atoms with Crippen LogP contribution in [0.3, 0.4) is 0 Å². The molecule has 1 unspecified atom stereocenters. The van der Waals surface area contributed by atoms with Gasteiger partial charge in [0.2, 0.25) is 11.8 Å². The number of benzene rings is 4. The first-order valence-corrected chi connectivity index (χ1v) is 11.2. The van der Waals surface area contributed by atoms with Crippen LogP contribution < -0.4 is 10.6 Å². The van der Waals surface area contributed by atoms with Crippen LogP contribution >= 0.6 is 0 Å². The molecule has 0 saturated carbocycles. The number of hydrogen-bond donors (Lipinski definition) is 2. The number of rotatable bonds is 7. The Morgan fingerprint density at radius 1 is 0.636 bits per heavy atom. The molecule has 4 rings (SSSR count). The maximum Gasteiger partial charge on any atom is 0.247 e. The summed E-state index contributed by atoms with van der Waals surface area (Å²) in [4.78, 5) is 26.7. The van der Waals surface area contributed by atoms with Crippen LogP contribution in [-0.2, 0) is 9.59 Å². The van der Waals surface area contributed by atoms with E-state index in [1.54, 1.807) is 0 Å². The van der Waals surface area contributed by atoms with Crippen LogP contribution in [0.2, 0.25) is 0 Å². The lowest BCUT2D eigenvalue weighted by atomic mass is 9.89. The minimum atomic E-state index is -0.668. The van der Waals surface area contributed by atoms with Gasteiger partial charge in [-0.25, -0.2) is 0 Å². The van der Waals surface area contributed by atoms with E-state index in [0.29, 0.717) is 5.69 Å². The molecular weight excluding hydrogens is 408 g/mol. The standard InChI is InChI=1S/C29H28N2O2/c1-20(2)27(29(33)30-25-18-17-21-11-9-10-16-24(21)19-25)31-28(32)26(22-12-5-3-6-13-22)23-14-7-4-8-15-23/h3-20,26-27H,1-2H3,(H,30,33)(H,31,32). The van der Waals surface area contributed by atoms with Crippen molar-refractivity contribution in [3.05, 3.63) is 114 Å². The highest BCUT2D eigenvalue weighted by molar-refractivity contribution is 6.00. The Morgan fingerprint density at radius 2 is 1.18 bits per heavy atom. The third-order valence-corrected chi connectivity index (χ3v) is 5.79. The number of amides is 2. The van der Waals surface area contributed by atoms with Crippen molar-refractivity contribution in [3.63, 3.8) is 0 Å². The van der Waals surface area contributed by atoms with E-state index in [4.69, 9.17) is 0 Å². The van der Waals surface area contributed by atoms with Crippen LogP contribution in [0.25, 0.3) is 10.8 Å². The first-order chi connectivity index (χ1) is 16.0. The summed E-state index contributed by atoms with van der Waals surface area (Å²) in [5, 5.41) is 8.16. The molecule has 0 radical (unpaired) electrons. The zero-order chi connectivity index (χ0) is 23.2. The van der Waals surface area contributed by atoms with Crippen molar-refractivity contribution in [3.8, 4) is 0 Å². The van der Waals surface area contributed by atoms with Crippen molar-refractivity contribution >= 4 is 28.3 Å². The number of fused-ring (bicyclic) bond motifs is 1. The lowest BCUT2D eigenvalue weighted by Gasteiger charge is -2.25. The topological polar surface area (TPSA) is 58.2 Å². The van der Waals surface area contributed by atoms with E-state index >= 15 is 0 Å². The Hall–Kier alpha value is -3.92. The lowest BCUT2D eigenvalue weighted by molar-refractivity contribution is -0.127. The van der Waals surface area contributed by atoms with Crippen molar-refractivity contribution in [2.24, 2.45) is 5.92 Å². The average molecular weight is 437 g/mol. The van der Waals surface area contributed by atoms with Gasteiger partial charge in [-0.05, 0) is 39.9 Å². The summed E-state index contributed by atoms with van der Waals surface area (Å²) in [6.45, 7) is 3.87. The molecule has 0 aliphatic rings. The fourth-order valence-corrected chi connectivity index (χ4v) is 4.04. The largest absolute Gasteiger partial charge is 0.343 e. The Labute approximate surface area is 194 Å². The van der Waals surface area contributed by atoms with E-state index < -0.39 is 12.0 Å². The summed E-state index contributed by atoms with van der Waals surface area (Å²) in [7, 11) is 0. The zero-order valence-electron chi connectivity index (χ0n) is 18.9. The number of hydrogen-bond acceptors (Lipinski definition) is 2. The van der Waals surface area contributed by atoms with Crippen molar-refractivity contribution in [2.45, 2.75) is 25.8 Å². The molecule has 0 aromatic heterocycles. The summed E-state index contributed by atoms with van der Waals surface area (Å²) in [6.07, 6.45) is 0. The van der Waals surface area contributed by atoms with Crippen molar-refractivity contribution in [1.29, 1.82) is 0 Å². The predicted molar refractivity (Wildman–Crippen MR) is 134 cm³/mol. The van der Waals surface area contributed by atoms with E-state index in [0.717, 1.165) is 21.9 Å². The molecule has 4 nitrogen and oxygen atoms in total. The zero-order valence-corrected chi connectivity index (χ0v) is 18.9. The van der Waals surface area contributed by atoms with Gasteiger partial charge in [0, 0.05) is 5.69 Å². The highest BCUT2D eigenvalue weighted by Crippen LogP contribution is 2.25. The predicted octanol–water partition coefficient (Wildman–Crippen LogP) is 5.75. The highest BCUT2D eigenvalue weighted by atomic mass is 16.2. The second-order valence-electron chi connectivity index (χ2n) is 8.54. The number of carbonyl (C=O) groups is 2. The van der Waals surface area contributed by atoms with Crippen molar-refractivity contribution < 1.29 is 9.59 Å². The maximum atomic E-state index is 13.5. The Bertz CT molecular complexity index is 1200. The van der Waals surface area contributed by atoms with Crippen molar-refractivity contribution in [2.75, 3.05) is 5.32 Å². The summed E-state index contributed by atoms with van der Waals surface area (Å²) in [5.74, 6) is -1.00.